The topological polar surface area (TPSA) is 67.8 Å². The number of hydrogen-bond acceptors (Lipinski definition) is 3. The van der Waals surface area contributed by atoms with E-state index in [-0.39, 0.29) is 12.4 Å². The minimum atomic E-state index is -0.680. The number of halogens is 1. The number of nitrogens with zero attached hydrogens (tertiary/aromatic N) is 2. The van der Waals surface area contributed by atoms with E-state index in [4.69, 9.17) is 0 Å². The van der Waals surface area contributed by atoms with E-state index in [1.54, 1.807) is 12.1 Å². The molecule has 0 amide bonds. The molecule has 0 fully saturated rings. The fourth-order valence-corrected chi connectivity index (χ4v) is 1.27. The molecular formula is C10H8FN3O2. The van der Waals surface area contributed by atoms with Crippen molar-refractivity contribution in [3.8, 4) is 0 Å². The van der Waals surface area contributed by atoms with Crippen LogP contribution in [0.5, 0.6) is 0 Å². The summed E-state index contributed by atoms with van der Waals surface area (Å²) in [7, 11) is 0. The van der Waals surface area contributed by atoms with E-state index in [0.29, 0.717) is 0 Å². The lowest BCUT2D eigenvalue weighted by Crippen LogP contribution is -2.31. The first kappa shape index (κ1) is 10.3. The third kappa shape index (κ3) is 2.22. The highest BCUT2D eigenvalue weighted by molar-refractivity contribution is 5.16. The average Bonchev–Trinajstić information content (AvgIpc) is 2.25. The molecule has 0 saturated heterocycles. The van der Waals surface area contributed by atoms with Gasteiger partial charge in [-0.25, -0.2) is 14.0 Å². The molecule has 0 atom stereocenters. The Balaban J connectivity index is 2.30. The van der Waals surface area contributed by atoms with Gasteiger partial charge >= 0.3 is 11.4 Å². The van der Waals surface area contributed by atoms with E-state index < -0.39 is 11.4 Å². The highest BCUT2D eigenvalue weighted by atomic mass is 19.1. The van der Waals surface area contributed by atoms with Crippen molar-refractivity contribution in [2.45, 2.75) is 6.54 Å². The summed E-state index contributed by atoms with van der Waals surface area (Å²) in [4.78, 5) is 27.5. The Kier molecular flexibility index (Phi) is 2.63. The van der Waals surface area contributed by atoms with Gasteiger partial charge in [-0.3, -0.25) is 9.55 Å². The zero-order chi connectivity index (χ0) is 11.5. The molecule has 0 spiro atoms. The Hall–Kier alpha value is -2.24. The van der Waals surface area contributed by atoms with Gasteiger partial charge in [0.05, 0.1) is 6.54 Å². The summed E-state index contributed by atoms with van der Waals surface area (Å²) in [5.41, 5.74) is -0.470. The zero-order valence-corrected chi connectivity index (χ0v) is 8.18. The molecule has 2 rings (SSSR count). The van der Waals surface area contributed by atoms with Gasteiger partial charge in [-0.2, -0.15) is 4.98 Å². The van der Waals surface area contributed by atoms with Crippen molar-refractivity contribution in [1.82, 2.24) is 14.5 Å². The molecule has 6 heteroatoms. The van der Waals surface area contributed by atoms with Crippen molar-refractivity contribution >= 4 is 0 Å². The summed E-state index contributed by atoms with van der Waals surface area (Å²) in [6, 6.07) is 5.73. The van der Waals surface area contributed by atoms with Crippen molar-refractivity contribution in [1.29, 1.82) is 0 Å². The van der Waals surface area contributed by atoms with E-state index in [1.807, 2.05) is 4.98 Å². The molecule has 0 aliphatic heterocycles. The van der Waals surface area contributed by atoms with Crippen molar-refractivity contribution < 1.29 is 4.39 Å². The SMILES string of the molecule is O=c1ncn(Cc2ccc(F)cc2)c(=O)[nH]1. The number of hydrogen-bond donors (Lipinski definition) is 1. The number of benzene rings is 1. The summed E-state index contributed by atoms with van der Waals surface area (Å²) in [5.74, 6) is -0.337. The minimum Gasteiger partial charge on any atom is -0.280 e. The molecule has 1 heterocycles. The van der Waals surface area contributed by atoms with Gasteiger partial charge in [-0.05, 0) is 17.7 Å². The van der Waals surface area contributed by atoms with Gasteiger partial charge in [-0.1, -0.05) is 12.1 Å². The fraction of sp³-hybridized carbons (Fsp3) is 0.100. The van der Waals surface area contributed by atoms with Gasteiger partial charge < -0.3 is 0 Å². The summed E-state index contributed by atoms with van der Waals surface area (Å²) in [6.45, 7) is 0.239. The molecule has 5 nitrogen and oxygen atoms in total. The van der Waals surface area contributed by atoms with Crippen LogP contribution in [0.25, 0.3) is 0 Å². The molecule has 1 N–H and O–H groups in total. The predicted octanol–water partition coefficient (Wildman–Crippen LogP) is 0.119. The van der Waals surface area contributed by atoms with Crippen LogP contribution in [-0.2, 0) is 6.54 Å². The maximum Gasteiger partial charge on any atom is 0.350 e. The Labute approximate surface area is 89.2 Å². The van der Waals surface area contributed by atoms with Crippen LogP contribution in [0.2, 0.25) is 0 Å². The van der Waals surface area contributed by atoms with Crippen molar-refractivity contribution in [2.24, 2.45) is 0 Å². The Morgan fingerprint density at radius 2 is 1.94 bits per heavy atom. The summed E-state index contributed by atoms with van der Waals surface area (Å²) in [5, 5.41) is 0. The summed E-state index contributed by atoms with van der Waals surface area (Å²) < 4.78 is 13.9. The molecular weight excluding hydrogens is 213 g/mol. The van der Waals surface area contributed by atoms with E-state index in [0.717, 1.165) is 11.9 Å². The summed E-state index contributed by atoms with van der Waals surface area (Å²) >= 11 is 0. The fourth-order valence-electron chi connectivity index (χ4n) is 1.27. The first-order chi connectivity index (χ1) is 7.65. The van der Waals surface area contributed by atoms with Gasteiger partial charge in [0.15, 0.2) is 0 Å². The highest BCUT2D eigenvalue weighted by Crippen LogP contribution is 2.03. The van der Waals surface area contributed by atoms with Crippen LogP contribution >= 0.6 is 0 Å². The van der Waals surface area contributed by atoms with Crippen LogP contribution in [-0.4, -0.2) is 14.5 Å². The molecule has 16 heavy (non-hydrogen) atoms. The van der Waals surface area contributed by atoms with Gasteiger partial charge in [0.1, 0.15) is 12.1 Å². The predicted molar refractivity (Wildman–Crippen MR) is 54.6 cm³/mol. The number of aromatic amines is 1. The second-order valence-corrected chi connectivity index (χ2v) is 3.23. The van der Waals surface area contributed by atoms with E-state index >= 15 is 0 Å². The second kappa shape index (κ2) is 4.09. The Morgan fingerprint density at radius 1 is 1.25 bits per heavy atom. The normalized spacial score (nSPS) is 10.3. The third-order valence-corrected chi connectivity index (χ3v) is 2.06. The number of rotatable bonds is 2. The van der Waals surface area contributed by atoms with Crippen LogP contribution in [0.15, 0.2) is 40.2 Å². The lowest BCUT2D eigenvalue weighted by Gasteiger charge is -2.03. The van der Waals surface area contributed by atoms with Gasteiger partial charge in [0, 0.05) is 0 Å². The van der Waals surface area contributed by atoms with Crippen molar-refractivity contribution in [3.63, 3.8) is 0 Å². The highest BCUT2D eigenvalue weighted by Gasteiger charge is 1.99. The average molecular weight is 221 g/mol. The molecule has 0 aliphatic carbocycles. The van der Waals surface area contributed by atoms with Crippen LogP contribution in [0.1, 0.15) is 5.56 Å². The Bertz CT molecular complexity index is 600. The maximum absolute atomic E-state index is 12.6. The monoisotopic (exact) mass is 221 g/mol. The van der Waals surface area contributed by atoms with Gasteiger partial charge in [-0.15, -0.1) is 0 Å². The first-order valence-electron chi connectivity index (χ1n) is 4.55. The third-order valence-electron chi connectivity index (χ3n) is 2.06. The van der Waals surface area contributed by atoms with E-state index in [2.05, 4.69) is 4.98 Å². The zero-order valence-electron chi connectivity index (χ0n) is 8.18. The van der Waals surface area contributed by atoms with Crippen LogP contribution in [0.3, 0.4) is 0 Å². The number of H-pyrrole nitrogens is 1. The molecule has 0 radical (unpaired) electrons. The quantitative estimate of drug-likeness (QED) is 0.783. The van der Waals surface area contributed by atoms with Crippen LogP contribution in [0.4, 0.5) is 4.39 Å². The number of aromatic nitrogens is 3. The van der Waals surface area contributed by atoms with Crippen LogP contribution in [0, 0.1) is 5.82 Å². The smallest absolute Gasteiger partial charge is 0.280 e. The molecule has 0 saturated carbocycles. The molecule has 0 bridgehead atoms. The first-order valence-corrected chi connectivity index (χ1v) is 4.55. The molecule has 0 unspecified atom stereocenters. The van der Waals surface area contributed by atoms with E-state index in [1.165, 1.54) is 16.7 Å². The van der Waals surface area contributed by atoms with E-state index in [9.17, 15) is 14.0 Å². The van der Waals surface area contributed by atoms with Gasteiger partial charge in [0.25, 0.3) is 0 Å². The second-order valence-electron chi connectivity index (χ2n) is 3.23. The summed E-state index contributed by atoms with van der Waals surface area (Å²) in [6.07, 6.45) is 1.16. The van der Waals surface area contributed by atoms with Crippen molar-refractivity contribution in [3.05, 3.63) is 62.9 Å². The molecule has 2 aromatic rings. The molecule has 1 aromatic carbocycles. The number of nitrogens with one attached hydrogen (secondary N) is 1. The standard InChI is InChI=1S/C10H8FN3O2/c11-8-3-1-7(2-4-8)5-14-6-12-9(15)13-10(14)16/h1-4,6H,5H2,(H,13,15,16). The minimum absolute atomic E-state index is 0.239. The lowest BCUT2D eigenvalue weighted by molar-refractivity contribution is 0.625. The van der Waals surface area contributed by atoms with Crippen molar-refractivity contribution in [2.75, 3.05) is 0 Å². The van der Waals surface area contributed by atoms with Gasteiger partial charge in [0.2, 0.25) is 0 Å². The largest absolute Gasteiger partial charge is 0.350 e. The van der Waals surface area contributed by atoms with Crippen LogP contribution < -0.4 is 11.4 Å². The molecule has 0 aliphatic rings. The molecule has 1 aromatic heterocycles. The maximum atomic E-state index is 12.6. The molecule has 82 valence electrons. The Morgan fingerprint density at radius 3 is 2.56 bits per heavy atom. The lowest BCUT2D eigenvalue weighted by atomic mass is 10.2.